The Kier molecular flexibility index (Phi) is 1.41. The molecule has 13 heavy (non-hydrogen) atoms. The summed E-state index contributed by atoms with van der Waals surface area (Å²) in [6.45, 7) is 0. The molecule has 1 heteroatoms. The third-order valence-electron chi connectivity index (χ3n) is 2.14. The zero-order chi connectivity index (χ0) is 8.67. The first-order chi connectivity index (χ1) is 6.45. The topological polar surface area (TPSA) is 0 Å². The van der Waals surface area contributed by atoms with Crippen LogP contribution in [0.1, 0.15) is 0 Å². The zero-order valence-electron chi connectivity index (χ0n) is 6.87. The average Bonchev–Trinajstić information content (AvgIpc) is 2.56. The maximum Gasteiger partial charge on any atom is 0.0362 e. The van der Waals surface area contributed by atoms with E-state index in [1.807, 2.05) is 17.4 Å². The van der Waals surface area contributed by atoms with Crippen molar-refractivity contribution in [1.29, 1.82) is 0 Å². The van der Waals surface area contributed by atoms with E-state index < -0.39 is 0 Å². The highest BCUT2D eigenvalue weighted by molar-refractivity contribution is 7.25. The Bertz CT molecular complexity index is 513. The van der Waals surface area contributed by atoms with Gasteiger partial charge in [0.1, 0.15) is 0 Å². The van der Waals surface area contributed by atoms with Crippen LogP contribution in [0.25, 0.3) is 20.2 Å². The van der Waals surface area contributed by atoms with Gasteiger partial charge in [-0.2, -0.15) is 0 Å². The molecule has 0 saturated heterocycles. The van der Waals surface area contributed by atoms with Crippen molar-refractivity contribution < 1.29 is 0 Å². The summed E-state index contributed by atoms with van der Waals surface area (Å²) in [4.78, 5) is 0. The molecule has 0 aliphatic heterocycles. The van der Waals surface area contributed by atoms with Crippen molar-refractivity contribution in [1.82, 2.24) is 0 Å². The maximum atomic E-state index is 3.16. The van der Waals surface area contributed by atoms with Gasteiger partial charge >= 0.3 is 0 Å². The van der Waals surface area contributed by atoms with E-state index in [0.29, 0.717) is 0 Å². The highest BCUT2D eigenvalue weighted by Crippen LogP contribution is 2.32. The van der Waals surface area contributed by atoms with Gasteiger partial charge in [0.15, 0.2) is 0 Å². The van der Waals surface area contributed by atoms with Gasteiger partial charge in [0, 0.05) is 26.2 Å². The third kappa shape index (κ3) is 0.973. The molecule has 0 aliphatic rings. The molecule has 1 heterocycles. The minimum absolute atomic E-state index is 1.20. The summed E-state index contributed by atoms with van der Waals surface area (Å²) in [5.41, 5.74) is 0. The second-order valence-corrected chi connectivity index (χ2v) is 4.02. The molecule has 0 bridgehead atoms. The van der Waals surface area contributed by atoms with Crippen LogP contribution in [0.4, 0.5) is 0 Å². The van der Waals surface area contributed by atoms with E-state index in [1.165, 1.54) is 20.2 Å². The van der Waals surface area contributed by atoms with Gasteiger partial charge in [0.05, 0.1) is 0 Å². The third-order valence-corrected chi connectivity index (χ3v) is 3.27. The van der Waals surface area contributed by atoms with Crippen molar-refractivity contribution in [3.63, 3.8) is 0 Å². The van der Waals surface area contributed by atoms with Crippen LogP contribution in [-0.2, 0) is 0 Å². The second kappa shape index (κ2) is 2.57. The van der Waals surface area contributed by atoms with Crippen molar-refractivity contribution in [3.05, 3.63) is 48.5 Å². The predicted octanol–water partition coefficient (Wildman–Crippen LogP) is 3.65. The van der Waals surface area contributed by atoms with Gasteiger partial charge in [-0.05, 0) is 18.2 Å². The van der Waals surface area contributed by atoms with E-state index in [9.17, 15) is 0 Å². The van der Waals surface area contributed by atoms with E-state index in [4.69, 9.17) is 0 Å². The molecular weight excluding hydrogens is 176 g/mol. The lowest BCUT2D eigenvalue weighted by Gasteiger charge is -1.87. The van der Waals surface area contributed by atoms with Crippen LogP contribution in [0.5, 0.6) is 0 Å². The highest BCUT2D eigenvalue weighted by atomic mass is 32.1. The summed E-state index contributed by atoms with van der Waals surface area (Å²) >= 11 is 1.81. The fourth-order valence-corrected chi connectivity index (χ4v) is 2.60. The molecule has 3 rings (SSSR count). The summed E-state index contributed by atoms with van der Waals surface area (Å²) in [7, 11) is 0. The van der Waals surface area contributed by atoms with E-state index in [0.717, 1.165) is 0 Å². The van der Waals surface area contributed by atoms with Gasteiger partial charge in [-0.3, -0.25) is 0 Å². The molecule has 1 aromatic heterocycles. The Balaban J connectivity index is 2.64. The highest BCUT2D eigenvalue weighted by Gasteiger charge is 2.01. The van der Waals surface area contributed by atoms with Gasteiger partial charge in [-0.15, -0.1) is 11.3 Å². The fourth-order valence-electron chi connectivity index (χ4n) is 1.54. The molecule has 0 saturated carbocycles. The van der Waals surface area contributed by atoms with Crippen molar-refractivity contribution in [2.75, 3.05) is 0 Å². The summed E-state index contributed by atoms with van der Waals surface area (Å²) in [5.74, 6) is 0. The number of fused-ring (bicyclic) bond motifs is 3. The number of benzene rings is 2. The van der Waals surface area contributed by atoms with Crippen molar-refractivity contribution in [2.24, 2.45) is 0 Å². The van der Waals surface area contributed by atoms with Gasteiger partial charge in [0.25, 0.3) is 0 Å². The molecule has 0 spiro atoms. The molecule has 0 unspecified atom stereocenters. The SMILES string of the molecule is [c]1[c]c2c(cc1)sc1ccccc12. The van der Waals surface area contributed by atoms with Crippen LogP contribution in [0.2, 0.25) is 0 Å². The molecule has 2 radical (unpaired) electrons. The number of rotatable bonds is 0. The quantitative estimate of drug-likeness (QED) is 0.497. The standard InChI is InChI=1S/C12H6S/c1-3-7-11-9(5-1)10-6-2-4-8-12(10)13-11/h1,3-5,7-8H. The van der Waals surface area contributed by atoms with Crippen molar-refractivity contribution in [3.8, 4) is 0 Å². The molecule has 0 nitrogen and oxygen atoms in total. The number of thiophene rings is 1. The van der Waals surface area contributed by atoms with E-state index in [2.05, 4.69) is 42.5 Å². The minimum Gasteiger partial charge on any atom is -0.135 e. The van der Waals surface area contributed by atoms with Gasteiger partial charge in [0.2, 0.25) is 0 Å². The Morgan fingerprint density at radius 2 is 1.92 bits per heavy atom. The first-order valence-corrected chi connectivity index (χ1v) is 4.96. The summed E-state index contributed by atoms with van der Waals surface area (Å²) in [6.07, 6.45) is 0. The predicted molar refractivity (Wildman–Crippen MR) is 57.0 cm³/mol. The van der Waals surface area contributed by atoms with Crippen LogP contribution in [0.15, 0.2) is 36.4 Å². The van der Waals surface area contributed by atoms with Crippen LogP contribution in [0.3, 0.4) is 0 Å². The lowest BCUT2D eigenvalue weighted by Crippen LogP contribution is -1.64. The summed E-state index contributed by atoms with van der Waals surface area (Å²) < 4.78 is 2.62. The molecule has 3 aromatic rings. The molecule has 0 N–H and O–H groups in total. The van der Waals surface area contributed by atoms with Crippen molar-refractivity contribution >= 4 is 31.5 Å². The maximum absolute atomic E-state index is 3.16. The molecule has 60 valence electrons. The Morgan fingerprint density at radius 3 is 2.92 bits per heavy atom. The Morgan fingerprint density at radius 1 is 1.00 bits per heavy atom. The average molecular weight is 182 g/mol. The monoisotopic (exact) mass is 182 g/mol. The lowest BCUT2D eigenvalue weighted by molar-refractivity contribution is 1.81. The lowest BCUT2D eigenvalue weighted by atomic mass is 10.2. The number of hydrogen-bond donors (Lipinski definition) is 0. The fraction of sp³-hybridized carbons (Fsp3) is 0. The largest absolute Gasteiger partial charge is 0.135 e. The molecular formula is C12H6S. The van der Waals surface area contributed by atoms with Crippen LogP contribution in [0, 0.1) is 12.1 Å². The zero-order valence-corrected chi connectivity index (χ0v) is 7.69. The normalized spacial score (nSPS) is 11.1. The minimum atomic E-state index is 1.20. The molecule has 0 fully saturated rings. The van der Waals surface area contributed by atoms with Crippen molar-refractivity contribution in [2.45, 2.75) is 0 Å². The van der Waals surface area contributed by atoms with E-state index in [1.54, 1.807) is 0 Å². The van der Waals surface area contributed by atoms with E-state index >= 15 is 0 Å². The summed E-state index contributed by atoms with van der Waals surface area (Å²) in [5, 5.41) is 2.49. The first kappa shape index (κ1) is 7.10. The van der Waals surface area contributed by atoms with Crippen LogP contribution >= 0.6 is 11.3 Å². The van der Waals surface area contributed by atoms with Gasteiger partial charge in [-0.1, -0.05) is 24.3 Å². The Labute approximate surface area is 80.4 Å². The van der Waals surface area contributed by atoms with Gasteiger partial charge < -0.3 is 0 Å². The Hall–Kier alpha value is -1.34. The molecule has 0 amide bonds. The second-order valence-electron chi connectivity index (χ2n) is 2.94. The molecule has 2 aromatic carbocycles. The first-order valence-electron chi connectivity index (χ1n) is 4.15. The van der Waals surface area contributed by atoms with Gasteiger partial charge in [-0.25, -0.2) is 0 Å². The number of hydrogen-bond acceptors (Lipinski definition) is 1. The molecule has 0 aliphatic carbocycles. The van der Waals surface area contributed by atoms with Crippen LogP contribution < -0.4 is 0 Å². The summed E-state index contributed by atoms with van der Waals surface area (Å²) in [6, 6.07) is 18.6. The molecule has 0 atom stereocenters. The van der Waals surface area contributed by atoms with Crippen LogP contribution in [-0.4, -0.2) is 0 Å². The smallest absolute Gasteiger partial charge is 0.0362 e. The van der Waals surface area contributed by atoms with E-state index in [-0.39, 0.29) is 0 Å².